The number of rotatable bonds is 3. The smallest absolute Gasteiger partial charge is 0.265 e. The number of halogens is 2. The summed E-state index contributed by atoms with van der Waals surface area (Å²) in [5.41, 5.74) is 0.685. The molecule has 0 saturated heterocycles. The number of aromatic amines is 1. The Morgan fingerprint density at radius 1 is 1.47 bits per heavy atom. The van der Waals surface area contributed by atoms with E-state index in [2.05, 4.69) is 48.8 Å². The third kappa shape index (κ3) is 2.69. The molecule has 0 aliphatic rings. The van der Waals surface area contributed by atoms with Gasteiger partial charge in [0.1, 0.15) is 4.47 Å². The molecule has 0 unspecified atom stereocenters. The maximum Gasteiger partial charge on any atom is 0.265 e. The van der Waals surface area contributed by atoms with E-state index in [1.807, 2.05) is 11.4 Å². The molecule has 3 nitrogen and oxygen atoms in total. The fourth-order valence-electron chi connectivity index (χ4n) is 1.48. The third-order valence-corrected chi connectivity index (χ3v) is 4.91. The standard InChI is InChI=1S/C11H10Br2N2OS/c1-2-3-7-8(13)11(16)15-10(14-7)9-6(12)4-5-17-9/h4-5H,2-3H2,1H3,(H,14,15,16). The first-order valence-corrected chi connectivity index (χ1v) is 7.62. The molecule has 2 aromatic rings. The number of nitrogens with one attached hydrogen (secondary N) is 1. The van der Waals surface area contributed by atoms with Crippen LogP contribution in [0.1, 0.15) is 19.0 Å². The van der Waals surface area contributed by atoms with Crippen molar-refractivity contribution in [2.75, 3.05) is 0 Å². The SMILES string of the molecule is CCCc1nc(-c2sccc2Br)[nH]c(=O)c1Br. The highest BCUT2D eigenvalue weighted by Gasteiger charge is 2.12. The molecule has 2 aromatic heterocycles. The molecule has 0 aliphatic heterocycles. The van der Waals surface area contributed by atoms with E-state index in [9.17, 15) is 4.79 Å². The van der Waals surface area contributed by atoms with Gasteiger partial charge in [-0.2, -0.15) is 0 Å². The molecule has 1 N–H and O–H groups in total. The number of thiophene rings is 1. The molecule has 0 bridgehead atoms. The van der Waals surface area contributed by atoms with E-state index < -0.39 is 0 Å². The summed E-state index contributed by atoms with van der Waals surface area (Å²) in [6, 6.07) is 1.95. The van der Waals surface area contributed by atoms with E-state index in [1.54, 1.807) is 11.3 Å². The van der Waals surface area contributed by atoms with E-state index in [4.69, 9.17) is 0 Å². The Labute approximate surface area is 120 Å². The highest BCUT2D eigenvalue weighted by Crippen LogP contribution is 2.31. The second kappa shape index (κ2) is 5.46. The van der Waals surface area contributed by atoms with Gasteiger partial charge in [-0.3, -0.25) is 4.79 Å². The molecule has 2 rings (SSSR count). The summed E-state index contributed by atoms with van der Waals surface area (Å²) in [5, 5.41) is 1.96. The molecule has 0 aromatic carbocycles. The van der Waals surface area contributed by atoms with Crippen LogP contribution in [0.4, 0.5) is 0 Å². The zero-order chi connectivity index (χ0) is 12.4. The van der Waals surface area contributed by atoms with Gasteiger partial charge in [0.2, 0.25) is 0 Å². The molecule has 0 amide bonds. The fraction of sp³-hybridized carbons (Fsp3) is 0.273. The van der Waals surface area contributed by atoms with Crippen molar-refractivity contribution in [3.63, 3.8) is 0 Å². The minimum Gasteiger partial charge on any atom is -0.305 e. The van der Waals surface area contributed by atoms with Gasteiger partial charge in [-0.05, 0) is 49.7 Å². The van der Waals surface area contributed by atoms with E-state index >= 15 is 0 Å². The van der Waals surface area contributed by atoms with Crippen LogP contribution in [0, 0.1) is 0 Å². The van der Waals surface area contributed by atoms with Gasteiger partial charge in [-0.1, -0.05) is 13.3 Å². The molecule has 0 spiro atoms. The van der Waals surface area contributed by atoms with Gasteiger partial charge in [-0.15, -0.1) is 11.3 Å². The van der Waals surface area contributed by atoms with E-state index in [-0.39, 0.29) is 5.56 Å². The minimum atomic E-state index is -0.126. The molecule has 17 heavy (non-hydrogen) atoms. The molecular formula is C11H10Br2N2OS. The van der Waals surface area contributed by atoms with Gasteiger partial charge in [0.15, 0.2) is 5.82 Å². The lowest BCUT2D eigenvalue weighted by molar-refractivity contribution is 0.862. The average Bonchev–Trinajstić information content (AvgIpc) is 2.71. The van der Waals surface area contributed by atoms with Crippen molar-refractivity contribution in [1.82, 2.24) is 9.97 Å². The molecule has 0 atom stereocenters. The first-order chi connectivity index (χ1) is 8.13. The quantitative estimate of drug-likeness (QED) is 0.879. The van der Waals surface area contributed by atoms with Crippen molar-refractivity contribution in [3.8, 4) is 10.7 Å². The van der Waals surface area contributed by atoms with Crippen LogP contribution in [0.5, 0.6) is 0 Å². The summed E-state index contributed by atoms with van der Waals surface area (Å²) >= 11 is 8.28. The Kier molecular flexibility index (Phi) is 4.17. The Hall–Kier alpha value is -0.460. The van der Waals surface area contributed by atoms with Gasteiger partial charge in [0.05, 0.1) is 10.6 Å². The third-order valence-electron chi connectivity index (χ3n) is 2.25. The fourth-order valence-corrected chi connectivity index (χ4v) is 3.37. The highest BCUT2D eigenvalue weighted by atomic mass is 79.9. The van der Waals surface area contributed by atoms with Crippen LogP contribution in [-0.2, 0) is 6.42 Å². The number of H-pyrrole nitrogens is 1. The lowest BCUT2D eigenvalue weighted by Crippen LogP contribution is -2.13. The van der Waals surface area contributed by atoms with E-state index in [0.717, 1.165) is 27.9 Å². The first kappa shape index (κ1) is 13.0. The first-order valence-electron chi connectivity index (χ1n) is 5.15. The van der Waals surface area contributed by atoms with Gasteiger partial charge < -0.3 is 4.98 Å². The van der Waals surface area contributed by atoms with Gasteiger partial charge in [0.25, 0.3) is 5.56 Å². The molecule has 0 saturated carbocycles. The van der Waals surface area contributed by atoms with E-state index in [1.165, 1.54) is 0 Å². The zero-order valence-electron chi connectivity index (χ0n) is 9.09. The minimum absolute atomic E-state index is 0.126. The second-order valence-electron chi connectivity index (χ2n) is 3.52. The van der Waals surface area contributed by atoms with Crippen LogP contribution in [-0.4, -0.2) is 9.97 Å². The van der Waals surface area contributed by atoms with Crippen molar-refractivity contribution < 1.29 is 0 Å². The summed E-state index contributed by atoms with van der Waals surface area (Å²) in [4.78, 5) is 20.0. The summed E-state index contributed by atoms with van der Waals surface area (Å²) in [6.07, 6.45) is 1.75. The Bertz CT molecular complexity index is 591. The summed E-state index contributed by atoms with van der Waals surface area (Å²) in [6.45, 7) is 2.07. The summed E-state index contributed by atoms with van der Waals surface area (Å²) < 4.78 is 1.49. The molecule has 90 valence electrons. The van der Waals surface area contributed by atoms with Crippen molar-refractivity contribution in [3.05, 3.63) is 36.4 Å². The van der Waals surface area contributed by atoms with Crippen LogP contribution in [0.3, 0.4) is 0 Å². The second-order valence-corrected chi connectivity index (χ2v) is 6.09. The summed E-state index contributed by atoms with van der Waals surface area (Å²) in [5.74, 6) is 0.628. The molecule has 0 radical (unpaired) electrons. The Morgan fingerprint density at radius 2 is 2.24 bits per heavy atom. The highest BCUT2D eigenvalue weighted by molar-refractivity contribution is 9.11. The van der Waals surface area contributed by atoms with E-state index in [0.29, 0.717) is 10.3 Å². The van der Waals surface area contributed by atoms with Crippen LogP contribution in [0.2, 0.25) is 0 Å². The average molecular weight is 378 g/mol. The van der Waals surface area contributed by atoms with Crippen molar-refractivity contribution in [2.45, 2.75) is 19.8 Å². The van der Waals surface area contributed by atoms with Crippen molar-refractivity contribution in [1.29, 1.82) is 0 Å². The molecular weight excluding hydrogens is 368 g/mol. The molecule has 0 aliphatic carbocycles. The Morgan fingerprint density at radius 3 is 2.82 bits per heavy atom. The maximum atomic E-state index is 11.8. The van der Waals surface area contributed by atoms with Crippen LogP contribution in [0.25, 0.3) is 10.7 Å². The van der Waals surface area contributed by atoms with Gasteiger partial charge in [0, 0.05) is 4.47 Å². The monoisotopic (exact) mass is 376 g/mol. The number of nitrogens with zero attached hydrogens (tertiary/aromatic N) is 1. The number of aryl methyl sites for hydroxylation is 1. The van der Waals surface area contributed by atoms with Crippen LogP contribution in [0.15, 0.2) is 25.2 Å². The number of hydrogen-bond donors (Lipinski definition) is 1. The molecule has 2 heterocycles. The van der Waals surface area contributed by atoms with Gasteiger partial charge >= 0.3 is 0 Å². The van der Waals surface area contributed by atoms with Crippen molar-refractivity contribution >= 4 is 43.2 Å². The number of hydrogen-bond acceptors (Lipinski definition) is 3. The lowest BCUT2D eigenvalue weighted by Gasteiger charge is -2.04. The zero-order valence-corrected chi connectivity index (χ0v) is 13.1. The Balaban J connectivity index is 2.57. The lowest BCUT2D eigenvalue weighted by atomic mass is 10.2. The maximum absolute atomic E-state index is 11.8. The molecule has 6 heteroatoms. The number of aromatic nitrogens is 2. The van der Waals surface area contributed by atoms with Crippen LogP contribution < -0.4 is 5.56 Å². The topological polar surface area (TPSA) is 45.8 Å². The predicted molar refractivity (Wildman–Crippen MR) is 77.6 cm³/mol. The van der Waals surface area contributed by atoms with Crippen LogP contribution >= 0.6 is 43.2 Å². The predicted octanol–water partition coefficient (Wildman–Crippen LogP) is 3.98. The summed E-state index contributed by atoms with van der Waals surface area (Å²) in [7, 11) is 0. The van der Waals surface area contributed by atoms with Crippen molar-refractivity contribution in [2.24, 2.45) is 0 Å². The normalized spacial score (nSPS) is 10.8. The largest absolute Gasteiger partial charge is 0.305 e. The van der Waals surface area contributed by atoms with Gasteiger partial charge in [-0.25, -0.2) is 4.98 Å². The molecule has 0 fully saturated rings.